The normalized spacial score (nSPS) is 11.8. The highest BCUT2D eigenvalue weighted by atomic mass is 35.5. The average Bonchev–Trinajstić information content (AvgIpc) is 2.91. The minimum Gasteiger partial charge on any atom is -0.319 e. The van der Waals surface area contributed by atoms with Gasteiger partial charge in [0.2, 0.25) is 0 Å². The molecule has 0 saturated heterocycles. The summed E-state index contributed by atoms with van der Waals surface area (Å²) >= 11 is 13.5. The number of amides is 1. The molecule has 6 heteroatoms. The molecule has 1 aromatic heterocycles. The monoisotopic (exact) mass is 390 g/mol. The molecule has 3 aromatic rings. The number of aromatic nitrogens is 1. The first kappa shape index (κ1) is 17.9. The minimum absolute atomic E-state index is 0.305. The number of halogens is 2. The molecule has 128 valence electrons. The summed E-state index contributed by atoms with van der Waals surface area (Å²) in [5.41, 5.74) is 2.54. The number of aryl methyl sites for hydroxylation is 1. The van der Waals surface area contributed by atoms with Crippen LogP contribution in [-0.4, -0.2) is 10.5 Å². The number of thiazole rings is 1. The fourth-order valence-electron chi connectivity index (χ4n) is 2.61. The molecule has 1 amide bonds. The molecular weight excluding hydrogens is 375 g/mol. The van der Waals surface area contributed by atoms with Gasteiger partial charge in [-0.1, -0.05) is 60.5 Å². The molecule has 0 saturated carbocycles. The smallest absolute Gasteiger partial charge is 0.281 e. The number of nitrogens with zero attached hydrogens (tertiary/aromatic N) is 2. The highest BCUT2D eigenvalue weighted by Gasteiger charge is 2.14. The summed E-state index contributed by atoms with van der Waals surface area (Å²) in [6.07, 6.45) is 0.869. The second-order valence-corrected chi connectivity index (χ2v) is 7.38. The van der Waals surface area contributed by atoms with Gasteiger partial charge in [-0.2, -0.15) is 4.99 Å². The fraction of sp³-hybridized carbons (Fsp3) is 0.158. The molecule has 2 aromatic carbocycles. The highest BCUT2D eigenvalue weighted by molar-refractivity contribution is 7.09. The Morgan fingerprint density at radius 3 is 2.52 bits per heavy atom. The van der Waals surface area contributed by atoms with Gasteiger partial charge in [0.05, 0.1) is 16.3 Å². The van der Waals surface area contributed by atoms with Crippen molar-refractivity contribution in [2.75, 3.05) is 0 Å². The third-order valence-electron chi connectivity index (χ3n) is 3.83. The van der Waals surface area contributed by atoms with Crippen molar-refractivity contribution in [2.45, 2.75) is 13.3 Å². The topological polar surface area (TPSA) is 34.4 Å². The molecule has 0 bridgehead atoms. The van der Waals surface area contributed by atoms with Gasteiger partial charge in [0.15, 0.2) is 4.80 Å². The van der Waals surface area contributed by atoms with Crippen LogP contribution in [0.3, 0.4) is 0 Å². The van der Waals surface area contributed by atoms with Crippen LogP contribution in [-0.2, 0) is 13.5 Å². The molecule has 0 atom stereocenters. The van der Waals surface area contributed by atoms with Crippen LogP contribution in [0.25, 0.3) is 11.3 Å². The zero-order valence-electron chi connectivity index (χ0n) is 13.8. The third-order valence-corrected chi connectivity index (χ3v) is 5.65. The van der Waals surface area contributed by atoms with Crippen molar-refractivity contribution >= 4 is 40.4 Å². The van der Waals surface area contributed by atoms with Gasteiger partial charge in [-0.3, -0.25) is 4.79 Å². The summed E-state index contributed by atoms with van der Waals surface area (Å²) in [6, 6.07) is 14.9. The second kappa shape index (κ2) is 7.56. The van der Waals surface area contributed by atoms with E-state index in [1.54, 1.807) is 18.2 Å². The van der Waals surface area contributed by atoms with E-state index in [4.69, 9.17) is 23.2 Å². The first-order valence-electron chi connectivity index (χ1n) is 7.79. The number of rotatable bonds is 3. The Labute approximate surface area is 160 Å². The van der Waals surface area contributed by atoms with E-state index in [1.807, 2.05) is 29.8 Å². The molecule has 3 rings (SSSR count). The third kappa shape index (κ3) is 3.71. The van der Waals surface area contributed by atoms with Crippen LogP contribution < -0.4 is 4.80 Å². The van der Waals surface area contributed by atoms with Crippen molar-refractivity contribution in [1.29, 1.82) is 0 Å². The van der Waals surface area contributed by atoms with Crippen LogP contribution in [0.1, 0.15) is 22.2 Å². The van der Waals surface area contributed by atoms with E-state index in [2.05, 4.69) is 24.0 Å². The summed E-state index contributed by atoms with van der Waals surface area (Å²) in [7, 11) is 1.92. The number of hydrogen-bond donors (Lipinski definition) is 0. The maximum Gasteiger partial charge on any atom is 0.281 e. The second-order valence-electron chi connectivity index (χ2n) is 5.48. The first-order valence-corrected chi connectivity index (χ1v) is 9.36. The minimum atomic E-state index is -0.374. The molecule has 0 fully saturated rings. The Morgan fingerprint density at radius 2 is 1.88 bits per heavy atom. The Kier molecular flexibility index (Phi) is 5.42. The van der Waals surface area contributed by atoms with E-state index < -0.39 is 0 Å². The lowest BCUT2D eigenvalue weighted by atomic mass is 10.1. The van der Waals surface area contributed by atoms with Crippen molar-refractivity contribution in [1.82, 2.24) is 4.57 Å². The van der Waals surface area contributed by atoms with Gasteiger partial charge < -0.3 is 4.57 Å². The molecule has 1 heterocycles. The average molecular weight is 391 g/mol. The molecule has 0 unspecified atom stereocenters. The van der Waals surface area contributed by atoms with Crippen LogP contribution in [0, 0.1) is 0 Å². The molecule has 0 N–H and O–H groups in total. The van der Waals surface area contributed by atoms with Crippen LogP contribution in [0.2, 0.25) is 10.0 Å². The molecule has 0 aliphatic carbocycles. The van der Waals surface area contributed by atoms with Crippen LogP contribution >= 0.6 is 34.5 Å². The summed E-state index contributed by atoms with van der Waals surface area (Å²) in [6.45, 7) is 2.10. The molecule has 3 nitrogen and oxygen atoms in total. The maximum absolute atomic E-state index is 12.5. The van der Waals surface area contributed by atoms with Gasteiger partial charge in [-0.25, -0.2) is 0 Å². The number of carbonyl (C=O) groups excluding carboxylic acids is 1. The zero-order chi connectivity index (χ0) is 18.0. The summed E-state index contributed by atoms with van der Waals surface area (Å²) < 4.78 is 1.96. The van der Waals surface area contributed by atoms with E-state index in [-0.39, 0.29) is 5.91 Å². The van der Waals surface area contributed by atoms with E-state index >= 15 is 0 Å². The van der Waals surface area contributed by atoms with Crippen LogP contribution in [0.5, 0.6) is 0 Å². The predicted octanol–water partition coefficient (Wildman–Crippen LogP) is 5.36. The lowest BCUT2D eigenvalue weighted by Gasteiger charge is -2.05. The Morgan fingerprint density at radius 1 is 1.16 bits per heavy atom. The van der Waals surface area contributed by atoms with Gasteiger partial charge in [-0.15, -0.1) is 11.3 Å². The Hall–Kier alpha value is -1.88. The fourth-order valence-corrected chi connectivity index (χ4v) is 4.17. The van der Waals surface area contributed by atoms with Gasteiger partial charge in [0.25, 0.3) is 5.91 Å². The quantitative estimate of drug-likeness (QED) is 0.592. The van der Waals surface area contributed by atoms with Crippen molar-refractivity contribution < 1.29 is 4.79 Å². The predicted molar refractivity (Wildman–Crippen MR) is 104 cm³/mol. The zero-order valence-corrected chi connectivity index (χ0v) is 16.1. The molecule has 0 aliphatic heterocycles. The van der Waals surface area contributed by atoms with E-state index in [9.17, 15) is 4.79 Å². The lowest BCUT2D eigenvalue weighted by Crippen LogP contribution is -2.14. The number of benzene rings is 2. The van der Waals surface area contributed by atoms with Crippen molar-refractivity contribution in [3.63, 3.8) is 0 Å². The Bertz CT molecular complexity index is 990. The summed E-state index contributed by atoms with van der Waals surface area (Å²) in [5, 5.41) is 0.794. The SMILES string of the molecule is CCc1sc(=NC(=O)c2ccc(Cl)cc2Cl)n(C)c1-c1ccccc1. The van der Waals surface area contributed by atoms with Crippen molar-refractivity contribution in [2.24, 2.45) is 12.0 Å². The standard InChI is InChI=1S/C19H16Cl2N2OS/c1-3-16-17(12-7-5-4-6-8-12)23(2)19(25-16)22-18(24)14-10-9-13(20)11-15(14)21/h4-11H,3H2,1-2H3. The van der Waals surface area contributed by atoms with Gasteiger partial charge in [0, 0.05) is 16.9 Å². The molecular formula is C19H16Cl2N2OS. The largest absolute Gasteiger partial charge is 0.319 e. The van der Waals surface area contributed by atoms with Gasteiger partial charge >= 0.3 is 0 Å². The molecule has 0 spiro atoms. The summed E-state index contributed by atoms with van der Waals surface area (Å²) in [4.78, 5) is 18.7. The van der Waals surface area contributed by atoms with E-state index in [0.29, 0.717) is 20.4 Å². The van der Waals surface area contributed by atoms with Crippen molar-refractivity contribution in [3.05, 3.63) is 73.8 Å². The highest BCUT2D eigenvalue weighted by Crippen LogP contribution is 2.26. The maximum atomic E-state index is 12.5. The number of carbonyl (C=O) groups is 1. The van der Waals surface area contributed by atoms with Gasteiger partial charge in [-0.05, 0) is 30.2 Å². The van der Waals surface area contributed by atoms with Crippen LogP contribution in [0.15, 0.2) is 53.5 Å². The van der Waals surface area contributed by atoms with Crippen molar-refractivity contribution in [3.8, 4) is 11.3 Å². The van der Waals surface area contributed by atoms with Crippen LogP contribution in [0.4, 0.5) is 0 Å². The number of hydrogen-bond acceptors (Lipinski definition) is 2. The molecule has 0 aliphatic rings. The van der Waals surface area contributed by atoms with E-state index in [0.717, 1.165) is 17.7 Å². The lowest BCUT2D eigenvalue weighted by molar-refractivity contribution is 0.0998. The molecule has 25 heavy (non-hydrogen) atoms. The Balaban J connectivity index is 2.10. The molecule has 0 radical (unpaired) electrons. The van der Waals surface area contributed by atoms with E-state index in [1.165, 1.54) is 16.2 Å². The summed E-state index contributed by atoms with van der Waals surface area (Å²) in [5.74, 6) is -0.374. The van der Waals surface area contributed by atoms with Gasteiger partial charge in [0.1, 0.15) is 0 Å². The first-order chi connectivity index (χ1) is 12.0.